The topological polar surface area (TPSA) is 31.9 Å². The molecule has 0 radical (unpaired) electrons. The normalized spacial score (nSPS) is 13.6. The van der Waals surface area contributed by atoms with Crippen LogP contribution in [0.4, 0.5) is 5.69 Å². The fourth-order valence-corrected chi connectivity index (χ4v) is 3.17. The number of aromatic nitrogens is 2. The summed E-state index contributed by atoms with van der Waals surface area (Å²) in [6, 6.07) is 19.3. The predicted octanol–water partition coefficient (Wildman–Crippen LogP) is 4.06. The summed E-state index contributed by atoms with van der Waals surface area (Å²) in [6.07, 6.45) is 7.96. The number of nitrogens with one attached hydrogen (secondary N) is 1. The number of benzene rings is 2. The Morgan fingerprint density at radius 1 is 1.00 bits per heavy atom. The van der Waals surface area contributed by atoms with E-state index in [0.29, 0.717) is 0 Å². The molecule has 0 saturated carbocycles. The van der Waals surface area contributed by atoms with Crippen LogP contribution in [0.2, 0.25) is 0 Å². The molecule has 1 N–H and O–H groups in total. The minimum Gasteiger partial charge on any atom is -0.351 e. The summed E-state index contributed by atoms with van der Waals surface area (Å²) < 4.78 is 0. The van der Waals surface area contributed by atoms with E-state index in [1.807, 2.05) is 6.20 Å². The molecular weight excluding hydrogens is 282 g/mol. The van der Waals surface area contributed by atoms with E-state index in [9.17, 15) is 0 Å². The number of nitrogens with zero attached hydrogens (tertiary/aromatic N) is 2. The first-order chi connectivity index (χ1) is 11.4. The first kappa shape index (κ1) is 13.8. The highest BCUT2D eigenvalue weighted by atomic mass is 15.1. The number of aromatic amines is 1. The van der Waals surface area contributed by atoms with Crippen LogP contribution in [0.25, 0.3) is 5.70 Å². The van der Waals surface area contributed by atoms with E-state index in [1.54, 1.807) is 6.33 Å². The summed E-state index contributed by atoms with van der Waals surface area (Å²) >= 11 is 0. The van der Waals surface area contributed by atoms with Crippen molar-refractivity contribution in [3.63, 3.8) is 0 Å². The van der Waals surface area contributed by atoms with Gasteiger partial charge in [-0.1, -0.05) is 54.6 Å². The summed E-state index contributed by atoms with van der Waals surface area (Å²) in [6.45, 7) is 0.919. The molecular formula is C20H19N3. The molecule has 3 nitrogen and oxygen atoms in total. The Morgan fingerprint density at radius 3 is 2.65 bits per heavy atom. The molecule has 0 amide bonds. The number of allylic oxidation sites excluding steroid dienone is 1. The van der Waals surface area contributed by atoms with Crippen molar-refractivity contribution < 1.29 is 0 Å². The van der Waals surface area contributed by atoms with E-state index in [2.05, 4.69) is 75.5 Å². The summed E-state index contributed by atoms with van der Waals surface area (Å²) in [5.74, 6) is 0. The molecule has 0 saturated heterocycles. The van der Waals surface area contributed by atoms with Gasteiger partial charge in [0.15, 0.2) is 0 Å². The monoisotopic (exact) mass is 301 g/mol. The SMILES string of the molecule is C1=C(c2ccccc2)N(CCc2c[nH]cn2)c2ccccc2C1. The lowest BCUT2D eigenvalue weighted by Gasteiger charge is -2.33. The van der Waals surface area contributed by atoms with Gasteiger partial charge in [0, 0.05) is 30.5 Å². The second-order valence-electron chi connectivity index (χ2n) is 5.75. The summed E-state index contributed by atoms with van der Waals surface area (Å²) in [4.78, 5) is 9.81. The maximum Gasteiger partial charge on any atom is 0.0923 e. The van der Waals surface area contributed by atoms with Gasteiger partial charge in [0.05, 0.1) is 12.0 Å². The average Bonchev–Trinajstić information content (AvgIpc) is 3.14. The molecule has 114 valence electrons. The van der Waals surface area contributed by atoms with E-state index in [0.717, 1.165) is 25.1 Å². The van der Waals surface area contributed by atoms with Crippen LogP contribution in [0.5, 0.6) is 0 Å². The average molecular weight is 301 g/mol. The van der Waals surface area contributed by atoms with Crippen LogP contribution in [0, 0.1) is 0 Å². The van der Waals surface area contributed by atoms with Crippen molar-refractivity contribution in [2.45, 2.75) is 12.8 Å². The second-order valence-corrected chi connectivity index (χ2v) is 5.75. The molecule has 1 aliphatic heterocycles. The Labute approximate surface area is 136 Å². The van der Waals surface area contributed by atoms with E-state index in [1.165, 1.54) is 22.5 Å². The van der Waals surface area contributed by atoms with Gasteiger partial charge in [-0.05, 0) is 23.6 Å². The fraction of sp³-hybridized carbons (Fsp3) is 0.150. The Kier molecular flexibility index (Phi) is 3.68. The van der Waals surface area contributed by atoms with Gasteiger partial charge in [0.2, 0.25) is 0 Å². The van der Waals surface area contributed by atoms with Crippen LogP contribution < -0.4 is 4.90 Å². The number of imidazole rings is 1. The number of hydrogen-bond acceptors (Lipinski definition) is 2. The molecule has 2 aromatic carbocycles. The number of para-hydroxylation sites is 1. The molecule has 3 aromatic rings. The number of rotatable bonds is 4. The molecule has 0 atom stereocenters. The van der Waals surface area contributed by atoms with Crippen molar-refractivity contribution in [3.8, 4) is 0 Å². The Hall–Kier alpha value is -2.81. The number of H-pyrrole nitrogens is 1. The zero-order valence-corrected chi connectivity index (χ0v) is 12.9. The van der Waals surface area contributed by atoms with Crippen LogP contribution in [0.3, 0.4) is 0 Å². The molecule has 1 aliphatic rings. The minimum absolute atomic E-state index is 0.919. The number of anilines is 1. The summed E-state index contributed by atoms with van der Waals surface area (Å²) in [5, 5.41) is 0. The van der Waals surface area contributed by atoms with Gasteiger partial charge in [-0.3, -0.25) is 0 Å². The molecule has 4 rings (SSSR count). The van der Waals surface area contributed by atoms with Crippen molar-refractivity contribution in [2.75, 3.05) is 11.4 Å². The Balaban J connectivity index is 1.68. The lowest BCUT2D eigenvalue weighted by Crippen LogP contribution is -2.27. The van der Waals surface area contributed by atoms with Crippen LogP contribution in [-0.2, 0) is 12.8 Å². The Bertz CT molecular complexity index is 804. The molecule has 0 aliphatic carbocycles. The first-order valence-corrected chi connectivity index (χ1v) is 8.00. The van der Waals surface area contributed by atoms with Crippen LogP contribution >= 0.6 is 0 Å². The predicted molar refractivity (Wildman–Crippen MR) is 94.2 cm³/mol. The minimum atomic E-state index is 0.919. The lowest BCUT2D eigenvalue weighted by molar-refractivity contribution is 0.880. The third-order valence-electron chi connectivity index (χ3n) is 4.30. The van der Waals surface area contributed by atoms with Gasteiger partial charge in [0.1, 0.15) is 0 Å². The van der Waals surface area contributed by atoms with Gasteiger partial charge < -0.3 is 9.88 Å². The molecule has 3 heteroatoms. The highest BCUT2D eigenvalue weighted by Crippen LogP contribution is 2.34. The van der Waals surface area contributed by atoms with Crippen molar-refractivity contribution in [2.24, 2.45) is 0 Å². The van der Waals surface area contributed by atoms with Gasteiger partial charge in [-0.2, -0.15) is 0 Å². The fourth-order valence-electron chi connectivity index (χ4n) is 3.17. The zero-order valence-electron chi connectivity index (χ0n) is 12.9. The molecule has 0 unspecified atom stereocenters. The van der Waals surface area contributed by atoms with Gasteiger partial charge in [0.25, 0.3) is 0 Å². The Morgan fingerprint density at radius 2 is 1.83 bits per heavy atom. The largest absolute Gasteiger partial charge is 0.351 e. The first-order valence-electron chi connectivity index (χ1n) is 8.00. The van der Waals surface area contributed by atoms with Crippen molar-refractivity contribution in [1.82, 2.24) is 9.97 Å². The van der Waals surface area contributed by atoms with Crippen molar-refractivity contribution in [3.05, 3.63) is 90.0 Å². The van der Waals surface area contributed by atoms with E-state index in [4.69, 9.17) is 0 Å². The number of fused-ring (bicyclic) bond motifs is 1. The third kappa shape index (κ3) is 2.78. The van der Waals surface area contributed by atoms with Crippen molar-refractivity contribution in [1.29, 1.82) is 0 Å². The van der Waals surface area contributed by atoms with Crippen LogP contribution in [0.15, 0.2) is 73.2 Å². The molecule has 0 fully saturated rings. The quantitative estimate of drug-likeness (QED) is 0.788. The molecule has 23 heavy (non-hydrogen) atoms. The standard InChI is InChI=1S/C20H19N3/c1-2-6-16(7-3-1)20-11-10-17-8-4-5-9-19(17)23(20)13-12-18-14-21-15-22-18/h1-9,11,14-15H,10,12-13H2,(H,21,22). The second kappa shape index (κ2) is 6.13. The molecule has 2 heterocycles. The van der Waals surface area contributed by atoms with Crippen LogP contribution in [-0.4, -0.2) is 16.5 Å². The number of hydrogen-bond donors (Lipinski definition) is 1. The van der Waals surface area contributed by atoms with E-state index in [-0.39, 0.29) is 0 Å². The van der Waals surface area contributed by atoms with Crippen molar-refractivity contribution >= 4 is 11.4 Å². The van der Waals surface area contributed by atoms with Gasteiger partial charge in [-0.25, -0.2) is 4.98 Å². The zero-order chi connectivity index (χ0) is 15.5. The molecule has 0 bridgehead atoms. The summed E-state index contributed by atoms with van der Waals surface area (Å²) in [5.41, 5.74) is 6.35. The molecule has 1 aromatic heterocycles. The van der Waals surface area contributed by atoms with Gasteiger partial charge >= 0.3 is 0 Å². The maximum atomic E-state index is 4.35. The third-order valence-corrected chi connectivity index (χ3v) is 4.30. The highest BCUT2D eigenvalue weighted by molar-refractivity contribution is 5.83. The van der Waals surface area contributed by atoms with Crippen LogP contribution in [0.1, 0.15) is 16.8 Å². The van der Waals surface area contributed by atoms with Gasteiger partial charge in [-0.15, -0.1) is 0 Å². The summed E-state index contributed by atoms with van der Waals surface area (Å²) in [7, 11) is 0. The van der Waals surface area contributed by atoms with E-state index >= 15 is 0 Å². The highest BCUT2D eigenvalue weighted by Gasteiger charge is 2.20. The smallest absolute Gasteiger partial charge is 0.0923 e. The lowest BCUT2D eigenvalue weighted by atomic mass is 9.99. The molecule has 0 spiro atoms. The van der Waals surface area contributed by atoms with E-state index < -0.39 is 0 Å². The maximum absolute atomic E-state index is 4.35.